The van der Waals surface area contributed by atoms with Crippen molar-refractivity contribution in [2.75, 3.05) is 17.6 Å². The van der Waals surface area contributed by atoms with Crippen LogP contribution in [-0.2, 0) is 0 Å². The molecule has 0 fully saturated rings. The van der Waals surface area contributed by atoms with Crippen LogP contribution in [0.4, 0.5) is 10.1 Å². The van der Waals surface area contributed by atoms with E-state index in [0.717, 1.165) is 15.2 Å². The minimum atomic E-state index is -0.511. The summed E-state index contributed by atoms with van der Waals surface area (Å²) in [5.74, 6) is 0.127. The number of nitrogens with one attached hydrogen (secondary N) is 1. The van der Waals surface area contributed by atoms with Crippen molar-refractivity contribution >= 4 is 39.9 Å². The molecule has 0 amide bonds. The highest BCUT2D eigenvalue weighted by atomic mass is 32.1. The number of aromatic nitrogens is 2. The van der Waals surface area contributed by atoms with Gasteiger partial charge >= 0.3 is 0 Å². The molecule has 2 aromatic heterocycles. The van der Waals surface area contributed by atoms with Gasteiger partial charge in [0.05, 0.1) is 15.9 Å². The van der Waals surface area contributed by atoms with Gasteiger partial charge in [0.2, 0.25) is 5.95 Å². The molecule has 2 heterocycles. The van der Waals surface area contributed by atoms with Crippen LogP contribution in [0.5, 0.6) is 0 Å². The fourth-order valence-electron chi connectivity index (χ4n) is 1.86. The molecule has 0 spiro atoms. The number of hydrogen-bond acceptors (Lipinski definition) is 5. The summed E-state index contributed by atoms with van der Waals surface area (Å²) in [6, 6.07) is 11.3. The van der Waals surface area contributed by atoms with Crippen molar-refractivity contribution in [3.05, 3.63) is 42.3 Å². The molecule has 1 N–H and O–H groups in total. The Morgan fingerprint density at radius 3 is 2.75 bits per heavy atom. The first-order valence-electron chi connectivity index (χ1n) is 6.15. The summed E-state index contributed by atoms with van der Waals surface area (Å²) in [6.07, 6.45) is 0. The first-order chi connectivity index (χ1) is 9.78. The third-order valence-electron chi connectivity index (χ3n) is 2.79. The van der Waals surface area contributed by atoms with Gasteiger partial charge in [-0.2, -0.15) is 17.0 Å². The van der Waals surface area contributed by atoms with E-state index < -0.39 is 5.95 Å². The molecule has 6 heteroatoms. The largest absolute Gasteiger partial charge is 0.381 e. The fraction of sp³-hybridized carbons (Fsp3) is 0.143. The van der Waals surface area contributed by atoms with Crippen LogP contribution in [0.3, 0.4) is 0 Å². The van der Waals surface area contributed by atoms with Crippen molar-refractivity contribution in [2.45, 2.75) is 0 Å². The van der Waals surface area contributed by atoms with Gasteiger partial charge in [-0.15, -0.1) is 11.3 Å². The van der Waals surface area contributed by atoms with Gasteiger partial charge in [-0.3, -0.25) is 0 Å². The van der Waals surface area contributed by atoms with Crippen molar-refractivity contribution in [3.8, 4) is 10.7 Å². The predicted molar refractivity (Wildman–Crippen MR) is 85.2 cm³/mol. The number of nitrogens with zero attached hydrogens (tertiary/aromatic N) is 2. The second-order valence-corrected chi connectivity index (χ2v) is 5.65. The van der Waals surface area contributed by atoms with Crippen LogP contribution in [0.25, 0.3) is 20.9 Å². The lowest BCUT2D eigenvalue weighted by molar-refractivity contribution is 0.588. The van der Waals surface area contributed by atoms with Gasteiger partial charge in [0.1, 0.15) is 10.7 Å². The Labute approximate surface area is 125 Å². The van der Waals surface area contributed by atoms with Gasteiger partial charge in [-0.1, -0.05) is 12.1 Å². The summed E-state index contributed by atoms with van der Waals surface area (Å²) >= 11 is 5.59. The quantitative estimate of drug-likeness (QED) is 0.568. The van der Waals surface area contributed by atoms with Crippen LogP contribution in [0.15, 0.2) is 36.4 Å². The maximum Gasteiger partial charge on any atom is 0.236 e. The molecule has 0 aliphatic carbocycles. The number of halogens is 1. The van der Waals surface area contributed by atoms with Gasteiger partial charge in [-0.05, 0) is 24.3 Å². The fourth-order valence-corrected chi connectivity index (χ4v) is 2.90. The summed E-state index contributed by atoms with van der Waals surface area (Å²) in [5, 5.41) is 3.66. The van der Waals surface area contributed by atoms with Crippen LogP contribution in [0, 0.1) is 5.95 Å². The molecule has 0 aliphatic rings. The Bertz CT molecular complexity index is 709. The van der Waals surface area contributed by atoms with Gasteiger partial charge in [-0.25, -0.2) is 9.97 Å². The van der Waals surface area contributed by atoms with Crippen LogP contribution < -0.4 is 5.32 Å². The highest BCUT2D eigenvalue weighted by molar-refractivity contribution is 7.80. The maximum atomic E-state index is 13.9. The van der Waals surface area contributed by atoms with E-state index in [-0.39, 0.29) is 0 Å². The monoisotopic (exact) mass is 305 g/mol. The van der Waals surface area contributed by atoms with E-state index in [1.807, 2.05) is 24.3 Å². The SMILES string of the molecule is Fc1nc(-c2nc3ccccc3s2)ccc1NCCS. The normalized spacial score (nSPS) is 10.9. The molecule has 3 aromatic rings. The predicted octanol–water partition coefficient (Wildman–Crippen LogP) is 3.84. The zero-order valence-corrected chi connectivity index (χ0v) is 12.2. The number of benzene rings is 1. The van der Waals surface area contributed by atoms with Gasteiger partial charge in [0.25, 0.3) is 0 Å². The zero-order chi connectivity index (χ0) is 13.9. The Morgan fingerprint density at radius 2 is 2.00 bits per heavy atom. The maximum absolute atomic E-state index is 13.9. The molecule has 0 saturated heterocycles. The molecule has 0 aliphatic heterocycles. The van der Waals surface area contributed by atoms with Crippen LogP contribution in [0.2, 0.25) is 0 Å². The van der Waals surface area contributed by atoms with E-state index in [2.05, 4.69) is 27.9 Å². The molecule has 0 bridgehead atoms. The Balaban J connectivity index is 1.95. The first kappa shape index (κ1) is 13.3. The van der Waals surface area contributed by atoms with Crippen molar-refractivity contribution < 1.29 is 4.39 Å². The average molecular weight is 305 g/mol. The van der Waals surface area contributed by atoms with E-state index in [1.54, 1.807) is 12.1 Å². The molecule has 0 radical (unpaired) electrons. The highest BCUT2D eigenvalue weighted by Gasteiger charge is 2.10. The minimum Gasteiger partial charge on any atom is -0.381 e. The van der Waals surface area contributed by atoms with Crippen LogP contribution in [0.1, 0.15) is 0 Å². The molecule has 3 rings (SSSR count). The first-order valence-corrected chi connectivity index (χ1v) is 7.60. The third-order valence-corrected chi connectivity index (χ3v) is 4.07. The molecule has 20 heavy (non-hydrogen) atoms. The Kier molecular flexibility index (Phi) is 3.84. The van der Waals surface area contributed by atoms with Crippen molar-refractivity contribution in [1.29, 1.82) is 0 Å². The highest BCUT2D eigenvalue weighted by Crippen LogP contribution is 2.29. The van der Waals surface area contributed by atoms with Crippen molar-refractivity contribution in [3.63, 3.8) is 0 Å². The number of thiazole rings is 1. The van der Waals surface area contributed by atoms with Gasteiger partial charge in [0, 0.05) is 12.3 Å². The number of para-hydroxylation sites is 1. The lowest BCUT2D eigenvalue weighted by Gasteiger charge is -2.05. The van der Waals surface area contributed by atoms with E-state index >= 15 is 0 Å². The molecule has 0 atom stereocenters. The average Bonchev–Trinajstić information content (AvgIpc) is 2.90. The molecule has 3 nitrogen and oxygen atoms in total. The Hall–Kier alpha value is -1.66. The number of hydrogen-bond donors (Lipinski definition) is 2. The van der Waals surface area contributed by atoms with E-state index in [4.69, 9.17) is 0 Å². The van der Waals surface area contributed by atoms with Gasteiger partial charge < -0.3 is 5.32 Å². The summed E-state index contributed by atoms with van der Waals surface area (Å²) in [4.78, 5) is 8.46. The lowest BCUT2D eigenvalue weighted by Crippen LogP contribution is -2.05. The molecule has 102 valence electrons. The van der Waals surface area contributed by atoms with Gasteiger partial charge in [0.15, 0.2) is 0 Å². The number of fused-ring (bicyclic) bond motifs is 1. The van der Waals surface area contributed by atoms with Crippen LogP contribution >= 0.6 is 24.0 Å². The topological polar surface area (TPSA) is 37.8 Å². The second kappa shape index (κ2) is 5.76. The molecule has 0 saturated carbocycles. The molecular weight excluding hydrogens is 293 g/mol. The molecule has 0 unspecified atom stereocenters. The number of pyridine rings is 1. The number of thiol groups is 1. The summed E-state index contributed by atoms with van der Waals surface area (Å²) in [7, 11) is 0. The smallest absolute Gasteiger partial charge is 0.236 e. The molecular formula is C14H12FN3S2. The summed E-state index contributed by atoms with van der Waals surface area (Å²) < 4.78 is 15.0. The van der Waals surface area contributed by atoms with E-state index in [9.17, 15) is 4.39 Å². The lowest BCUT2D eigenvalue weighted by atomic mass is 10.3. The van der Waals surface area contributed by atoms with Crippen molar-refractivity contribution in [2.24, 2.45) is 0 Å². The Morgan fingerprint density at radius 1 is 1.15 bits per heavy atom. The molecule has 1 aromatic carbocycles. The summed E-state index contributed by atoms with van der Waals surface area (Å²) in [5.41, 5.74) is 1.86. The van der Waals surface area contributed by atoms with Crippen molar-refractivity contribution in [1.82, 2.24) is 9.97 Å². The van der Waals surface area contributed by atoms with Crippen LogP contribution in [-0.4, -0.2) is 22.3 Å². The minimum absolute atomic E-state index is 0.393. The second-order valence-electron chi connectivity index (χ2n) is 4.17. The van der Waals surface area contributed by atoms with E-state index in [1.165, 1.54) is 11.3 Å². The standard InChI is InChI=1S/C14H12FN3S2/c15-13-10(16-7-8-19)5-6-11(17-13)14-18-9-3-1-2-4-12(9)20-14/h1-6,16,19H,7-8H2. The zero-order valence-electron chi connectivity index (χ0n) is 10.5. The third kappa shape index (κ3) is 2.62. The number of rotatable bonds is 4. The van der Waals surface area contributed by atoms with E-state index in [0.29, 0.717) is 23.7 Å². The summed E-state index contributed by atoms with van der Waals surface area (Å²) in [6.45, 7) is 0.599. The number of anilines is 1.